The third-order valence-electron chi connectivity index (χ3n) is 3.42. The number of pyridine rings is 1. The molecule has 2 heterocycles. The Morgan fingerprint density at radius 1 is 1.28 bits per heavy atom. The van der Waals surface area contributed by atoms with Gasteiger partial charge in [-0.1, -0.05) is 18.2 Å². The molecule has 25 heavy (non-hydrogen) atoms. The topological polar surface area (TPSA) is 96.5 Å². The van der Waals surface area contributed by atoms with Crippen molar-refractivity contribution in [2.75, 3.05) is 0 Å². The molecule has 1 aromatic carbocycles. The smallest absolute Gasteiger partial charge is 0.244 e. The number of rotatable bonds is 5. The fraction of sp³-hybridized carbons (Fsp3) is 0.0556. The van der Waals surface area contributed by atoms with Crippen LogP contribution in [-0.2, 0) is 11.3 Å². The summed E-state index contributed by atoms with van der Waals surface area (Å²) in [6.07, 6.45) is 7.79. The molecule has 122 valence electrons. The number of nitrogens with zero attached hydrogens (tertiary/aromatic N) is 5. The average Bonchev–Trinajstić information content (AvgIpc) is 3.20. The molecule has 0 unspecified atom stereocenters. The lowest BCUT2D eigenvalue weighted by Crippen LogP contribution is -2.21. The summed E-state index contributed by atoms with van der Waals surface area (Å²) in [5.74, 6) is 0.397. The van der Waals surface area contributed by atoms with E-state index in [-0.39, 0.29) is 5.91 Å². The van der Waals surface area contributed by atoms with E-state index in [0.717, 1.165) is 11.1 Å². The molecule has 0 bridgehead atoms. The molecule has 0 fully saturated rings. The summed E-state index contributed by atoms with van der Waals surface area (Å²) < 4.78 is 1.55. The van der Waals surface area contributed by atoms with E-state index in [1.807, 2.05) is 6.07 Å². The van der Waals surface area contributed by atoms with Gasteiger partial charge in [0.1, 0.15) is 12.7 Å². The largest absolute Gasteiger partial charge is 0.348 e. The van der Waals surface area contributed by atoms with Crippen molar-refractivity contribution in [3.63, 3.8) is 0 Å². The standard InChI is InChI=1S/C18H14N6O/c19-10-15-5-3-14(4-6-15)7-8-17(25)22-11-16-2-1-9-21-18(16)24-13-20-12-23-24/h1-9,12-13H,11H2,(H,22,25)/b8-7-. The molecule has 3 aromatic rings. The summed E-state index contributed by atoms with van der Waals surface area (Å²) in [7, 11) is 0. The highest BCUT2D eigenvalue weighted by atomic mass is 16.1. The number of nitriles is 1. The Labute approximate surface area is 144 Å². The van der Waals surface area contributed by atoms with E-state index in [1.165, 1.54) is 12.4 Å². The molecule has 3 rings (SSSR count). The zero-order chi connectivity index (χ0) is 17.5. The van der Waals surface area contributed by atoms with E-state index in [4.69, 9.17) is 5.26 Å². The zero-order valence-electron chi connectivity index (χ0n) is 13.2. The third-order valence-corrected chi connectivity index (χ3v) is 3.42. The molecule has 0 aliphatic heterocycles. The molecule has 1 N–H and O–H groups in total. The van der Waals surface area contributed by atoms with E-state index < -0.39 is 0 Å². The minimum atomic E-state index is -0.224. The van der Waals surface area contributed by atoms with E-state index in [9.17, 15) is 4.79 Å². The minimum absolute atomic E-state index is 0.224. The molecule has 0 aliphatic rings. The lowest BCUT2D eigenvalue weighted by Gasteiger charge is -2.08. The second-order valence-electron chi connectivity index (χ2n) is 5.11. The average molecular weight is 330 g/mol. The second-order valence-corrected chi connectivity index (χ2v) is 5.11. The lowest BCUT2D eigenvalue weighted by atomic mass is 10.1. The molecule has 0 spiro atoms. The van der Waals surface area contributed by atoms with Crippen molar-refractivity contribution in [3.8, 4) is 11.9 Å². The molecule has 0 saturated heterocycles. The Morgan fingerprint density at radius 3 is 2.84 bits per heavy atom. The third kappa shape index (κ3) is 4.14. The highest BCUT2D eigenvalue weighted by Crippen LogP contribution is 2.09. The maximum absolute atomic E-state index is 12.0. The van der Waals surface area contributed by atoms with Crippen LogP contribution in [0.3, 0.4) is 0 Å². The number of benzene rings is 1. The van der Waals surface area contributed by atoms with Gasteiger partial charge in [0.15, 0.2) is 5.82 Å². The Kier molecular flexibility index (Phi) is 4.93. The zero-order valence-corrected chi connectivity index (χ0v) is 13.2. The monoisotopic (exact) mass is 330 g/mol. The molecule has 7 nitrogen and oxygen atoms in total. The van der Waals surface area contributed by atoms with Crippen molar-refractivity contribution < 1.29 is 4.79 Å². The normalized spacial score (nSPS) is 10.5. The molecule has 0 radical (unpaired) electrons. The Bertz CT molecular complexity index is 923. The number of hydrogen-bond donors (Lipinski definition) is 1. The summed E-state index contributed by atoms with van der Waals surface area (Å²) in [4.78, 5) is 20.2. The van der Waals surface area contributed by atoms with Crippen molar-refractivity contribution in [2.45, 2.75) is 6.54 Å². The van der Waals surface area contributed by atoms with Gasteiger partial charge in [-0.15, -0.1) is 0 Å². The molecule has 0 saturated carbocycles. The maximum Gasteiger partial charge on any atom is 0.244 e. The van der Waals surface area contributed by atoms with Crippen molar-refractivity contribution >= 4 is 12.0 Å². The van der Waals surface area contributed by atoms with E-state index in [1.54, 1.807) is 53.6 Å². The predicted molar refractivity (Wildman–Crippen MR) is 91.2 cm³/mol. The van der Waals surface area contributed by atoms with Crippen molar-refractivity contribution in [1.82, 2.24) is 25.1 Å². The highest BCUT2D eigenvalue weighted by molar-refractivity contribution is 5.91. The molecular formula is C18H14N6O. The van der Waals surface area contributed by atoms with Crippen molar-refractivity contribution in [2.24, 2.45) is 0 Å². The van der Waals surface area contributed by atoms with Gasteiger partial charge in [-0.3, -0.25) is 4.79 Å². The SMILES string of the molecule is N#Cc1ccc(/C=C\C(=O)NCc2cccnc2-n2cncn2)cc1. The summed E-state index contributed by atoms with van der Waals surface area (Å²) in [6.45, 7) is 0.319. The van der Waals surface area contributed by atoms with Gasteiger partial charge in [0, 0.05) is 24.4 Å². The maximum atomic E-state index is 12.0. The first-order valence-corrected chi connectivity index (χ1v) is 7.51. The van der Waals surface area contributed by atoms with Gasteiger partial charge < -0.3 is 5.32 Å². The fourth-order valence-corrected chi connectivity index (χ4v) is 2.17. The Hall–Kier alpha value is -3.79. The van der Waals surface area contributed by atoms with E-state index in [2.05, 4.69) is 26.5 Å². The molecule has 2 aromatic heterocycles. The van der Waals surface area contributed by atoms with Crippen LogP contribution in [0.15, 0.2) is 61.3 Å². The first-order valence-electron chi connectivity index (χ1n) is 7.51. The first-order chi connectivity index (χ1) is 12.3. The minimum Gasteiger partial charge on any atom is -0.348 e. The molecule has 7 heteroatoms. The van der Waals surface area contributed by atoms with Gasteiger partial charge in [0.25, 0.3) is 0 Å². The van der Waals surface area contributed by atoms with Gasteiger partial charge >= 0.3 is 0 Å². The second kappa shape index (κ2) is 7.66. The highest BCUT2D eigenvalue weighted by Gasteiger charge is 2.07. The van der Waals surface area contributed by atoms with Crippen LogP contribution >= 0.6 is 0 Å². The predicted octanol–water partition coefficient (Wildman–Crippen LogP) is 1.86. The molecule has 0 atom stereocenters. The van der Waals surface area contributed by atoms with Crippen molar-refractivity contribution in [3.05, 3.63) is 78.0 Å². The summed E-state index contributed by atoms with van der Waals surface area (Å²) >= 11 is 0. The summed E-state index contributed by atoms with van der Waals surface area (Å²) in [6, 6.07) is 12.7. The van der Waals surface area contributed by atoms with Crippen LogP contribution in [0.5, 0.6) is 0 Å². The van der Waals surface area contributed by atoms with Crippen LogP contribution in [0.2, 0.25) is 0 Å². The Morgan fingerprint density at radius 2 is 2.12 bits per heavy atom. The van der Waals surface area contributed by atoms with Crippen molar-refractivity contribution in [1.29, 1.82) is 5.26 Å². The van der Waals surface area contributed by atoms with Crippen LogP contribution in [0.25, 0.3) is 11.9 Å². The fourth-order valence-electron chi connectivity index (χ4n) is 2.17. The van der Waals surface area contributed by atoms with Crippen LogP contribution in [0.4, 0.5) is 0 Å². The Balaban J connectivity index is 1.63. The van der Waals surface area contributed by atoms with Gasteiger partial charge in [-0.25, -0.2) is 14.6 Å². The number of aromatic nitrogens is 4. The number of amides is 1. The quantitative estimate of drug-likeness (QED) is 0.720. The number of carbonyl (C=O) groups is 1. The van der Waals surface area contributed by atoms with Crippen LogP contribution in [0, 0.1) is 11.3 Å². The van der Waals surface area contributed by atoms with Crippen LogP contribution in [-0.4, -0.2) is 25.7 Å². The first kappa shape index (κ1) is 16.1. The molecule has 0 aliphatic carbocycles. The van der Waals surface area contributed by atoms with Crippen LogP contribution < -0.4 is 5.32 Å². The summed E-state index contributed by atoms with van der Waals surface area (Å²) in [5, 5.41) is 15.6. The lowest BCUT2D eigenvalue weighted by molar-refractivity contribution is -0.116. The summed E-state index contributed by atoms with van der Waals surface area (Å²) in [5.41, 5.74) is 2.26. The van der Waals surface area contributed by atoms with Gasteiger partial charge in [-0.05, 0) is 29.8 Å². The number of carbonyl (C=O) groups excluding carboxylic acids is 1. The number of nitrogens with one attached hydrogen (secondary N) is 1. The van der Waals surface area contributed by atoms with Crippen LogP contribution in [0.1, 0.15) is 16.7 Å². The molecular weight excluding hydrogens is 316 g/mol. The van der Waals surface area contributed by atoms with E-state index in [0.29, 0.717) is 17.9 Å². The molecule has 1 amide bonds. The van der Waals surface area contributed by atoms with Gasteiger partial charge in [-0.2, -0.15) is 10.4 Å². The van der Waals surface area contributed by atoms with Gasteiger partial charge in [0.2, 0.25) is 5.91 Å². The number of hydrogen-bond acceptors (Lipinski definition) is 5. The van der Waals surface area contributed by atoms with Gasteiger partial charge in [0.05, 0.1) is 11.6 Å². The van der Waals surface area contributed by atoms with E-state index >= 15 is 0 Å².